The second-order valence-corrected chi connectivity index (χ2v) is 6.82. The van der Waals surface area contributed by atoms with Gasteiger partial charge in [0.05, 0.1) is 0 Å². The number of piperidine rings is 1. The third kappa shape index (κ3) is 4.44. The van der Waals surface area contributed by atoms with E-state index in [0.717, 1.165) is 6.04 Å². The minimum absolute atomic E-state index is 0.149. The highest BCUT2D eigenvalue weighted by molar-refractivity contribution is 4.88. The lowest BCUT2D eigenvalue weighted by Gasteiger charge is -2.39. The summed E-state index contributed by atoms with van der Waals surface area (Å²) in [7, 11) is 2.30. The Balaban J connectivity index is 1.70. The molecule has 1 aliphatic carbocycles. The van der Waals surface area contributed by atoms with Gasteiger partial charge in [0.1, 0.15) is 0 Å². The van der Waals surface area contributed by atoms with Crippen molar-refractivity contribution in [3.05, 3.63) is 0 Å². The highest BCUT2D eigenvalue weighted by Gasteiger charge is 2.29. The van der Waals surface area contributed by atoms with Gasteiger partial charge < -0.3 is 15.5 Å². The van der Waals surface area contributed by atoms with Gasteiger partial charge in [-0.3, -0.25) is 0 Å². The van der Waals surface area contributed by atoms with Crippen molar-refractivity contribution in [1.82, 2.24) is 9.80 Å². The van der Waals surface area contributed by atoms with E-state index >= 15 is 0 Å². The highest BCUT2D eigenvalue weighted by Crippen LogP contribution is 2.29. The summed E-state index contributed by atoms with van der Waals surface area (Å²) in [6.45, 7) is 7.22. The van der Waals surface area contributed by atoms with Crippen LogP contribution in [0.15, 0.2) is 0 Å². The van der Waals surface area contributed by atoms with E-state index in [1.54, 1.807) is 0 Å². The summed E-state index contributed by atoms with van der Waals surface area (Å²) in [6.07, 6.45) is 10.4. The van der Waals surface area contributed by atoms with Crippen LogP contribution in [0.2, 0.25) is 0 Å². The van der Waals surface area contributed by atoms with Gasteiger partial charge >= 0.3 is 0 Å². The van der Waals surface area contributed by atoms with E-state index in [1.165, 1.54) is 77.5 Å². The summed E-state index contributed by atoms with van der Waals surface area (Å²) >= 11 is 0. The largest absolute Gasteiger partial charge is 0.325 e. The average molecular weight is 267 g/mol. The molecule has 1 saturated carbocycles. The fourth-order valence-corrected chi connectivity index (χ4v) is 3.76. The molecule has 19 heavy (non-hydrogen) atoms. The summed E-state index contributed by atoms with van der Waals surface area (Å²) in [5, 5.41) is 0. The number of nitrogens with two attached hydrogens (primary N) is 1. The topological polar surface area (TPSA) is 32.5 Å². The zero-order chi connectivity index (χ0) is 13.7. The SMILES string of the molecule is CCN1CCC(N(C)CCC2(N)CCCCC2)CC1. The van der Waals surface area contributed by atoms with Crippen molar-refractivity contribution in [2.45, 2.75) is 69.9 Å². The second-order valence-electron chi connectivity index (χ2n) is 6.82. The van der Waals surface area contributed by atoms with Gasteiger partial charge in [-0.05, 0) is 65.3 Å². The summed E-state index contributed by atoms with van der Waals surface area (Å²) < 4.78 is 0. The third-order valence-corrected chi connectivity index (χ3v) is 5.44. The molecule has 1 aliphatic heterocycles. The molecule has 3 nitrogen and oxygen atoms in total. The molecule has 112 valence electrons. The summed E-state index contributed by atoms with van der Waals surface area (Å²) in [5.74, 6) is 0. The maximum Gasteiger partial charge on any atom is 0.0166 e. The second kappa shape index (κ2) is 7.05. The fourth-order valence-electron chi connectivity index (χ4n) is 3.76. The normalized spacial score (nSPS) is 25.9. The standard InChI is InChI=1S/C16H33N3/c1-3-19-12-7-15(8-13-19)18(2)14-11-16(17)9-5-4-6-10-16/h15H,3-14,17H2,1-2H3. The van der Waals surface area contributed by atoms with Gasteiger partial charge in [-0.15, -0.1) is 0 Å². The van der Waals surface area contributed by atoms with E-state index in [4.69, 9.17) is 5.73 Å². The van der Waals surface area contributed by atoms with Crippen LogP contribution in [0, 0.1) is 0 Å². The Hall–Kier alpha value is -0.120. The lowest BCUT2D eigenvalue weighted by molar-refractivity contribution is 0.120. The van der Waals surface area contributed by atoms with Crippen molar-refractivity contribution in [2.24, 2.45) is 5.73 Å². The first-order valence-electron chi connectivity index (χ1n) is 8.34. The third-order valence-electron chi connectivity index (χ3n) is 5.44. The number of hydrogen-bond acceptors (Lipinski definition) is 3. The van der Waals surface area contributed by atoms with E-state index in [-0.39, 0.29) is 5.54 Å². The first-order chi connectivity index (χ1) is 9.13. The molecule has 0 spiro atoms. The average Bonchev–Trinajstić information content (AvgIpc) is 2.46. The molecule has 0 aromatic carbocycles. The predicted octanol–water partition coefficient (Wildman–Crippen LogP) is 2.45. The quantitative estimate of drug-likeness (QED) is 0.830. The number of rotatable bonds is 5. The highest BCUT2D eigenvalue weighted by atomic mass is 15.2. The molecule has 0 unspecified atom stereocenters. The molecule has 0 aromatic heterocycles. The van der Waals surface area contributed by atoms with E-state index in [1.807, 2.05) is 0 Å². The summed E-state index contributed by atoms with van der Waals surface area (Å²) in [6, 6.07) is 0.787. The Morgan fingerprint density at radius 3 is 2.37 bits per heavy atom. The molecule has 2 rings (SSSR count). The van der Waals surface area contributed by atoms with Crippen molar-refractivity contribution in [3.63, 3.8) is 0 Å². The van der Waals surface area contributed by atoms with E-state index in [0.29, 0.717) is 0 Å². The minimum atomic E-state index is 0.149. The zero-order valence-corrected chi connectivity index (χ0v) is 13.0. The molecule has 0 aromatic rings. The van der Waals surface area contributed by atoms with Crippen molar-refractivity contribution in [3.8, 4) is 0 Å². The molecular formula is C16H33N3. The molecule has 3 heteroatoms. The Morgan fingerprint density at radius 1 is 1.16 bits per heavy atom. The molecule has 0 atom stereocenters. The lowest BCUT2D eigenvalue weighted by atomic mass is 9.80. The van der Waals surface area contributed by atoms with Crippen LogP contribution in [0.5, 0.6) is 0 Å². The zero-order valence-electron chi connectivity index (χ0n) is 13.0. The Morgan fingerprint density at radius 2 is 1.79 bits per heavy atom. The monoisotopic (exact) mass is 267 g/mol. The van der Waals surface area contributed by atoms with Crippen molar-refractivity contribution < 1.29 is 0 Å². The van der Waals surface area contributed by atoms with Gasteiger partial charge in [0, 0.05) is 11.6 Å². The molecule has 2 N–H and O–H groups in total. The number of likely N-dealkylation sites (tertiary alicyclic amines) is 1. The Kier molecular flexibility index (Phi) is 5.67. The molecule has 2 aliphatic rings. The summed E-state index contributed by atoms with van der Waals surface area (Å²) in [4.78, 5) is 5.14. The van der Waals surface area contributed by atoms with E-state index in [2.05, 4.69) is 23.8 Å². The number of nitrogens with zero attached hydrogens (tertiary/aromatic N) is 2. The fraction of sp³-hybridized carbons (Fsp3) is 1.00. The molecule has 0 radical (unpaired) electrons. The lowest BCUT2D eigenvalue weighted by Crippen LogP contribution is -2.47. The van der Waals surface area contributed by atoms with Crippen LogP contribution in [0.3, 0.4) is 0 Å². The van der Waals surface area contributed by atoms with Crippen molar-refractivity contribution in [2.75, 3.05) is 33.2 Å². The molecule has 0 bridgehead atoms. The maximum atomic E-state index is 6.55. The van der Waals surface area contributed by atoms with Crippen LogP contribution in [0.25, 0.3) is 0 Å². The van der Waals surface area contributed by atoms with Crippen LogP contribution in [0.4, 0.5) is 0 Å². The van der Waals surface area contributed by atoms with Gasteiger partial charge in [0.25, 0.3) is 0 Å². The van der Waals surface area contributed by atoms with Crippen LogP contribution in [-0.4, -0.2) is 54.6 Å². The Bertz CT molecular complexity index is 253. The van der Waals surface area contributed by atoms with Crippen LogP contribution >= 0.6 is 0 Å². The molecular weight excluding hydrogens is 234 g/mol. The van der Waals surface area contributed by atoms with Gasteiger partial charge in [0.15, 0.2) is 0 Å². The van der Waals surface area contributed by atoms with Crippen LogP contribution in [0.1, 0.15) is 58.3 Å². The van der Waals surface area contributed by atoms with E-state index < -0.39 is 0 Å². The first kappa shape index (κ1) is 15.3. The molecule has 1 heterocycles. The minimum Gasteiger partial charge on any atom is -0.325 e. The van der Waals surface area contributed by atoms with Crippen LogP contribution in [-0.2, 0) is 0 Å². The molecule has 2 fully saturated rings. The molecule has 0 amide bonds. The summed E-state index contributed by atoms with van der Waals surface area (Å²) in [5.41, 5.74) is 6.70. The van der Waals surface area contributed by atoms with Gasteiger partial charge in [-0.1, -0.05) is 26.2 Å². The van der Waals surface area contributed by atoms with Crippen molar-refractivity contribution >= 4 is 0 Å². The Labute approximate surface area is 119 Å². The van der Waals surface area contributed by atoms with Gasteiger partial charge in [-0.2, -0.15) is 0 Å². The number of hydrogen-bond donors (Lipinski definition) is 1. The van der Waals surface area contributed by atoms with Crippen LogP contribution < -0.4 is 5.73 Å². The van der Waals surface area contributed by atoms with Gasteiger partial charge in [0.2, 0.25) is 0 Å². The van der Waals surface area contributed by atoms with E-state index in [9.17, 15) is 0 Å². The predicted molar refractivity (Wildman–Crippen MR) is 82.4 cm³/mol. The van der Waals surface area contributed by atoms with Crippen molar-refractivity contribution in [1.29, 1.82) is 0 Å². The van der Waals surface area contributed by atoms with Gasteiger partial charge in [-0.25, -0.2) is 0 Å². The first-order valence-corrected chi connectivity index (χ1v) is 8.34. The maximum absolute atomic E-state index is 6.55. The molecule has 1 saturated heterocycles. The smallest absolute Gasteiger partial charge is 0.0166 e.